The number of benzene rings is 1. The van der Waals surface area contributed by atoms with Crippen molar-refractivity contribution in [3.8, 4) is 0 Å². The number of carbonyl (C=O) groups is 1. The van der Waals surface area contributed by atoms with Crippen LogP contribution in [0, 0.1) is 13.8 Å². The molecule has 0 aliphatic rings. The van der Waals surface area contributed by atoms with Crippen LogP contribution in [-0.4, -0.2) is 47.3 Å². The maximum absolute atomic E-state index is 12.7. The van der Waals surface area contributed by atoms with Crippen LogP contribution >= 0.6 is 0 Å². The van der Waals surface area contributed by atoms with Gasteiger partial charge < -0.3 is 23.9 Å². The third kappa shape index (κ3) is 3.87. The van der Waals surface area contributed by atoms with E-state index in [0.717, 1.165) is 16.5 Å². The SMILES string of the molecule is Cc1cc2oc(=O)c(CC(=O)N(CCO)CCO)c(C)c2c2occ(C(C)(C)C)c12. The van der Waals surface area contributed by atoms with Crippen molar-refractivity contribution in [2.45, 2.75) is 46.5 Å². The first-order valence-electron chi connectivity index (χ1n) is 10.1. The van der Waals surface area contributed by atoms with Crippen molar-refractivity contribution in [1.82, 2.24) is 4.90 Å². The van der Waals surface area contributed by atoms with Crippen molar-refractivity contribution >= 4 is 27.8 Å². The van der Waals surface area contributed by atoms with Crippen LogP contribution in [0.1, 0.15) is 43.0 Å². The molecule has 3 aromatic rings. The van der Waals surface area contributed by atoms with E-state index in [1.54, 1.807) is 13.2 Å². The summed E-state index contributed by atoms with van der Waals surface area (Å²) in [6, 6.07) is 1.84. The molecule has 3 rings (SSSR count). The predicted octanol–water partition coefficient (Wildman–Crippen LogP) is 2.81. The fourth-order valence-electron chi connectivity index (χ4n) is 3.91. The molecule has 1 aromatic carbocycles. The van der Waals surface area contributed by atoms with E-state index in [4.69, 9.17) is 8.83 Å². The molecule has 2 heterocycles. The van der Waals surface area contributed by atoms with E-state index in [2.05, 4.69) is 20.8 Å². The third-order valence-corrected chi connectivity index (χ3v) is 5.51. The molecule has 0 spiro atoms. The first-order chi connectivity index (χ1) is 14.1. The van der Waals surface area contributed by atoms with E-state index in [-0.39, 0.29) is 49.6 Å². The van der Waals surface area contributed by atoms with Gasteiger partial charge in [0.1, 0.15) is 11.2 Å². The Hall–Kier alpha value is -2.64. The first-order valence-corrected chi connectivity index (χ1v) is 10.1. The predicted molar refractivity (Wildman–Crippen MR) is 115 cm³/mol. The van der Waals surface area contributed by atoms with E-state index in [0.29, 0.717) is 22.1 Å². The van der Waals surface area contributed by atoms with E-state index in [1.165, 1.54) is 4.90 Å². The van der Waals surface area contributed by atoms with Crippen molar-refractivity contribution in [2.24, 2.45) is 0 Å². The number of carbonyl (C=O) groups excluding carboxylic acids is 1. The van der Waals surface area contributed by atoms with Gasteiger partial charge in [0.15, 0.2) is 0 Å². The number of aliphatic hydroxyl groups excluding tert-OH is 2. The van der Waals surface area contributed by atoms with Crippen LogP contribution in [-0.2, 0) is 16.6 Å². The number of hydrogen-bond donors (Lipinski definition) is 2. The van der Waals surface area contributed by atoms with Crippen LogP contribution in [0.3, 0.4) is 0 Å². The Morgan fingerprint density at radius 3 is 2.30 bits per heavy atom. The van der Waals surface area contributed by atoms with Gasteiger partial charge >= 0.3 is 5.63 Å². The smallest absolute Gasteiger partial charge is 0.340 e. The van der Waals surface area contributed by atoms with Gasteiger partial charge in [-0.05, 0) is 36.5 Å². The van der Waals surface area contributed by atoms with Gasteiger partial charge in [-0.3, -0.25) is 4.79 Å². The molecule has 0 bridgehead atoms. The molecule has 0 saturated heterocycles. The van der Waals surface area contributed by atoms with E-state index in [1.807, 2.05) is 13.0 Å². The van der Waals surface area contributed by atoms with Crippen LogP contribution in [0.4, 0.5) is 0 Å². The maximum atomic E-state index is 12.7. The summed E-state index contributed by atoms with van der Waals surface area (Å²) in [7, 11) is 0. The minimum absolute atomic E-state index is 0.0912. The topological polar surface area (TPSA) is 104 Å². The molecule has 7 nitrogen and oxygen atoms in total. The molecule has 0 saturated carbocycles. The monoisotopic (exact) mass is 415 g/mol. The summed E-state index contributed by atoms with van der Waals surface area (Å²) in [6.07, 6.45) is 1.57. The number of amides is 1. The molecule has 2 N–H and O–H groups in total. The van der Waals surface area contributed by atoms with Crippen molar-refractivity contribution in [2.75, 3.05) is 26.3 Å². The maximum Gasteiger partial charge on any atom is 0.340 e. The lowest BCUT2D eigenvalue weighted by Crippen LogP contribution is -2.37. The lowest BCUT2D eigenvalue weighted by Gasteiger charge is -2.21. The second-order valence-corrected chi connectivity index (χ2v) is 8.67. The molecule has 0 aliphatic carbocycles. The van der Waals surface area contributed by atoms with Gasteiger partial charge in [0.2, 0.25) is 5.91 Å². The number of aryl methyl sites for hydroxylation is 2. The Labute approximate surface area is 174 Å². The highest BCUT2D eigenvalue weighted by molar-refractivity contribution is 6.07. The zero-order valence-corrected chi connectivity index (χ0v) is 18.2. The molecule has 1 amide bonds. The van der Waals surface area contributed by atoms with Gasteiger partial charge in [-0.2, -0.15) is 0 Å². The van der Waals surface area contributed by atoms with E-state index >= 15 is 0 Å². The number of aliphatic hydroxyl groups is 2. The molecule has 0 unspecified atom stereocenters. The molecule has 30 heavy (non-hydrogen) atoms. The highest BCUT2D eigenvalue weighted by Gasteiger charge is 2.25. The summed E-state index contributed by atoms with van der Waals surface area (Å²) in [5.74, 6) is -0.356. The second kappa shape index (κ2) is 8.24. The van der Waals surface area contributed by atoms with Crippen LogP contribution in [0.15, 0.2) is 26.0 Å². The molecule has 0 fully saturated rings. The van der Waals surface area contributed by atoms with Crippen LogP contribution in [0.2, 0.25) is 0 Å². The lowest BCUT2D eigenvalue weighted by atomic mass is 9.85. The number of furan rings is 1. The zero-order valence-electron chi connectivity index (χ0n) is 18.2. The van der Waals surface area contributed by atoms with E-state index < -0.39 is 5.63 Å². The lowest BCUT2D eigenvalue weighted by molar-refractivity contribution is -0.131. The summed E-state index contributed by atoms with van der Waals surface area (Å²) in [5.41, 5.74) is 3.30. The standard InChI is InChI=1S/C23H29NO6/c1-13-10-17-20(21-19(13)16(12-29-21)23(3,4)5)14(2)15(22(28)30-17)11-18(27)24(6-8-25)7-9-26/h10,12,25-26H,6-9,11H2,1-5H3. The van der Waals surface area contributed by atoms with Crippen molar-refractivity contribution < 1.29 is 23.8 Å². The fraction of sp³-hybridized carbons (Fsp3) is 0.478. The minimum atomic E-state index is -0.567. The number of nitrogens with zero attached hydrogens (tertiary/aromatic N) is 1. The van der Waals surface area contributed by atoms with Gasteiger partial charge in [0.25, 0.3) is 0 Å². The molecule has 7 heteroatoms. The number of hydrogen-bond acceptors (Lipinski definition) is 6. The first kappa shape index (κ1) is 22.1. The van der Waals surface area contributed by atoms with E-state index in [9.17, 15) is 19.8 Å². The molecule has 0 radical (unpaired) electrons. The Kier molecular flexibility index (Phi) is 6.06. The number of rotatable bonds is 6. The fourth-order valence-corrected chi connectivity index (χ4v) is 3.91. The molecular formula is C23H29NO6. The average Bonchev–Trinajstić information content (AvgIpc) is 3.10. The molecule has 2 aromatic heterocycles. The van der Waals surface area contributed by atoms with Gasteiger partial charge in [-0.1, -0.05) is 20.8 Å². The van der Waals surface area contributed by atoms with Crippen LogP contribution < -0.4 is 5.63 Å². The highest BCUT2D eigenvalue weighted by atomic mass is 16.4. The quantitative estimate of drug-likeness (QED) is 0.600. The minimum Gasteiger partial charge on any atom is -0.463 e. The zero-order chi connectivity index (χ0) is 22.2. The van der Waals surface area contributed by atoms with Gasteiger partial charge in [0, 0.05) is 24.0 Å². The summed E-state index contributed by atoms with van der Waals surface area (Å²) >= 11 is 0. The Morgan fingerprint density at radius 2 is 1.73 bits per heavy atom. The molecule has 162 valence electrons. The summed E-state index contributed by atoms with van der Waals surface area (Å²) in [5, 5.41) is 20.0. The molecular weight excluding hydrogens is 386 g/mol. The highest BCUT2D eigenvalue weighted by Crippen LogP contribution is 2.38. The Morgan fingerprint density at radius 1 is 1.10 bits per heavy atom. The molecule has 0 atom stereocenters. The second-order valence-electron chi connectivity index (χ2n) is 8.67. The number of fused-ring (bicyclic) bond motifs is 3. The van der Waals surface area contributed by atoms with Crippen molar-refractivity contribution in [3.05, 3.63) is 45.0 Å². The summed E-state index contributed by atoms with van der Waals surface area (Å²) < 4.78 is 11.5. The normalized spacial score (nSPS) is 12.1. The van der Waals surface area contributed by atoms with Crippen LogP contribution in [0.5, 0.6) is 0 Å². The van der Waals surface area contributed by atoms with Crippen LogP contribution in [0.25, 0.3) is 21.9 Å². The Balaban J connectivity index is 2.19. The van der Waals surface area contributed by atoms with Crippen molar-refractivity contribution in [1.29, 1.82) is 0 Å². The third-order valence-electron chi connectivity index (χ3n) is 5.51. The largest absolute Gasteiger partial charge is 0.463 e. The summed E-state index contributed by atoms with van der Waals surface area (Å²) in [6.45, 7) is 9.82. The van der Waals surface area contributed by atoms with Gasteiger partial charge in [-0.15, -0.1) is 0 Å². The van der Waals surface area contributed by atoms with Crippen molar-refractivity contribution in [3.63, 3.8) is 0 Å². The summed E-state index contributed by atoms with van der Waals surface area (Å²) in [4.78, 5) is 26.7. The molecule has 0 aliphatic heterocycles. The van der Waals surface area contributed by atoms with Gasteiger partial charge in [0.05, 0.1) is 36.8 Å². The Bertz CT molecular complexity index is 1140. The average molecular weight is 415 g/mol. The van der Waals surface area contributed by atoms with Gasteiger partial charge in [-0.25, -0.2) is 4.79 Å².